The lowest BCUT2D eigenvalue weighted by Crippen LogP contribution is -2.66. The molecule has 3 saturated heterocycles. The quantitative estimate of drug-likeness (QED) is 0.773. The first-order chi connectivity index (χ1) is 15.4. The average molecular weight is 445 g/mol. The van der Waals surface area contributed by atoms with E-state index in [1.54, 1.807) is 24.0 Å². The molecular formula is C24H33FN4O3. The predicted molar refractivity (Wildman–Crippen MR) is 119 cm³/mol. The Hall–Kier alpha value is -2.19. The van der Waals surface area contributed by atoms with E-state index in [1.165, 1.54) is 25.0 Å². The van der Waals surface area contributed by atoms with Crippen molar-refractivity contribution in [2.45, 2.75) is 75.6 Å². The lowest BCUT2D eigenvalue weighted by atomic mass is 9.89. The molecule has 1 aliphatic carbocycles. The Morgan fingerprint density at radius 3 is 2.84 bits per heavy atom. The summed E-state index contributed by atoms with van der Waals surface area (Å²) in [6.45, 7) is 5.03. The topological polar surface area (TPSA) is 65.1 Å². The molecule has 3 aliphatic heterocycles. The van der Waals surface area contributed by atoms with Crippen molar-refractivity contribution in [3.63, 3.8) is 0 Å². The van der Waals surface area contributed by atoms with Gasteiger partial charge >= 0.3 is 6.03 Å². The van der Waals surface area contributed by atoms with Crippen LogP contribution in [0.3, 0.4) is 0 Å². The van der Waals surface area contributed by atoms with Crippen molar-refractivity contribution in [1.82, 2.24) is 14.7 Å². The highest BCUT2D eigenvalue weighted by Crippen LogP contribution is 2.44. The number of carbonyl (C=O) groups excluding carboxylic acids is 2. The Labute approximate surface area is 188 Å². The first kappa shape index (κ1) is 21.6. The van der Waals surface area contributed by atoms with Gasteiger partial charge in [-0.15, -0.1) is 0 Å². The molecule has 3 unspecified atom stereocenters. The van der Waals surface area contributed by atoms with E-state index in [9.17, 15) is 14.0 Å². The molecule has 32 heavy (non-hydrogen) atoms. The third-order valence-electron chi connectivity index (χ3n) is 7.71. The summed E-state index contributed by atoms with van der Waals surface area (Å²) in [5, 5.41) is 2.75. The molecule has 0 aromatic heterocycles. The number of amides is 3. The number of nitrogens with one attached hydrogen (secondary N) is 1. The summed E-state index contributed by atoms with van der Waals surface area (Å²) in [4.78, 5) is 32.3. The highest BCUT2D eigenvalue weighted by molar-refractivity contribution is 5.94. The van der Waals surface area contributed by atoms with Gasteiger partial charge in [0.15, 0.2) is 0 Å². The Balaban J connectivity index is 1.19. The second-order valence-corrected chi connectivity index (χ2v) is 9.87. The molecule has 4 aliphatic rings. The summed E-state index contributed by atoms with van der Waals surface area (Å²) in [6, 6.07) is 5.20. The molecule has 3 amide bonds. The summed E-state index contributed by atoms with van der Waals surface area (Å²) in [5.41, 5.74) is 0.593. The van der Waals surface area contributed by atoms with E-state index in [4.69, 9.17) is 4.74 Å². The molecule has 174 valence electrons. The number of rotatable bonds is 4. The van der Waals surface area contributed by atoms with Gasteiger partial charge in [-0.1, -0.05) is 6.07 Å². The zero-order valence-corrected chi connectivity index (χ0v) is 18.8. The fourth-order valence-corrected chi connectivity index (χ4v) is 5.51. The van der Waals surface area contributed by atoms with Crippen LogP contribution < -0.4 is 5.32 Å². The maximum absolute atomic E-state index is 13.5. The molecule has 7 nitrogen and oxygen atoms in total. The Morgan fingerprint density at radius 2 is 2.12 bits per heavy atom. The number of anilines is 1. The van der Waals surface area contributed by atoms with Gasteiger partial charge in [-0.25, -0.2) is 9.18 Å². The van der Waals surface area contributed by atoms with E-state index in [0.717, 1.165) is 45.2 Å². The minimum atomic E-state index is -0.534. The van der Waals surface area contributed by atoms with Gasteiger partial charge in [0.25, 0.3) is 0 Å². The first-order valence-electron chi connectivity index (χ1n) is 12.0. The SMILES string of the molecule is CC1C(=O)N2C(CCN3CCC4(CC4)OC3)CCCC2CN1C(=O)Nc1cccc(F)c1. The molecule has 3 heterocycles. The fraction of sp³-hybridized carbons (Fsp3) is 0.667. The van der Waals surface area contributed by atoms with Gasteiger partial charge in [0.2, 0.25) is 5.91 Å². The molecule has 0 radical (unpaired) electrons. The van der Waals surface area contributed by atoms with Gasteiger partial charge in [0.05, 0.1) is 12.3 Å². The van der Waals surface area contributed by atoms with Crippen LogP contribution in [0.15, 0.2) is 24.3 Å². The van der Waals surface area contributed by atoms with E-state index in [-0.39, 0.29) is 29.6 Å². The van der Waals surface area contributed by atoms with Crippen LogP contribution in [0.2, 0.25) is 0 Å². The third kappa shape index (κ3) is 4.35. The maximum Gasteiger partial charge on any atom is 0.322 e. The highest BCUT2D eigenvalue weighted by Gasteiger charge is 2.47. The molecule has 0 bridgehead atoms. The Bertz CT molecular complexity index is 867. The minimum Gasteiger partial charge on any atom is -0.360 e. The Morgan fingerprint density at radius 1 is 1.28 bits per heavy atom. The number of hydrogen-bond acceptors (Lipinski definition) is 4. The fourth-order valence-electron chi connectivity index (χ4n) is 5.51. The van der Waals surface area contributed by atoms with Gasteiger partial charge in [0.1, 0.15) is 11.9 Å². The van der Waals surface area contributed by atoms with Crippen LogP contribution in [0, 0.1) is 5.82 Å². The molecular weight excluding hydrogens is 411 g/mol. The molecule has 4 fully saturated rings. The molecule has 1 spiro atoms. The van der Waals surface area contributed by atoms with Crippen LogP contribution in [0.1, 0.15) is 51.9 Å². The molecule has 1 aromatic rings. The number of piperidine rings is 1. The van der Waals surface area contributed by atoms with Crippen LogP contribution in [-0.2, 0) is 9.53 Å². The summed E-state index contributed by atoms with van der Waals surface area (Å²) in [5.74, 6) is -0.384. The van der Waals surface area contributed by atoms with Gasteiger partial charge in [-0.3, -0.25) is 9.69 Å². The van der Waals surface area contributed by atoms with Crippen LogP contribution in [-0.4, -0.2) is 76.7 Å². The van der Waals surface area contributed by atoms with Crippen molar-refractivity contribution in [3.8, 4) is 0 Å². The summed E-state index contributed by atoms with van der Waals surface area (Å²) in [7, 11) is 0. The first-order valence-corrected chi connectivity index (χ1v) is 12.0. The molecule has 3 atom stereocenters. The van der Waals surface area contributed by atoms with Gasteiger partial charge in [-0.05, 0) is 70.1 Å². The summed E-state index contributed by atoms with van der Waals surface area (Å²) < 4.78 is 19.5. The Kier molecular flexibility index (Phi) is 5.84. The number of carbonyl (C=O) groups is 2. The van der Waals surface area contributed by atoms with E-state index in [0.29, 0.717) is 19.0 Å². The van der Waals surface area contributed by atoms with Crippen LogP contribution >= 0.6 is 0 Å². The third-order valence-corrected chi connectivity index (χ3v) is 7.71. The number of fused-ring (bicyclic) bond motifs is 1. The van der Waals surface area contributed by atoms with Crippen LogP contribution in [0.4, 0.5) is 14.9 Å². The summed E-state index contributed by atoms with van der Waals surface area (Å²) in [6.07, 6.45) is 7.46. The number of ether oxygens (including phenoxy) is 1. The molecule has 1 saturated carbocycles. The van der Waals surface area contributed by atoms with Gasteiger partial charge < -0.3 is 19.9 Å². The normalized spacial score (nSPS) is 29.7. The van der Waals surface area contributed by atoms with Gasteiger partial charge in [0, 0.05) is 37.4 Å². The van der Waals surface area contributed by atoms with Crippen LogP contribution in [0.25, 0.3) is 0 Å². The molecule has 1 aromatic carbocycles. The van der Waals surface area contributed by atoms with E-state index in [1.807, 2.05) is 0 Å². The van der Waals surface area contributed by atoms with Crippen molar-refractivity contribution in [2.24, 2.45) is 0 Å². The standard InChI is InChI=1S/C24H33FN4O3/c1-17-22(30)29-20(8-12-27-13-11-24(9-10-24)32-16-27)6-3-7-21(29)15-28(17)23(31)26-19-5-2-4-18(25)14-19/h2,4-5,14,17,20-21H,3,6-13,15-16H2,1H3,(H,26,31). The zero-order chi connectivity index (χ0) is 22.3. The van der Waals surface area contributed by atoms with Crippen molar-refractivity contribution in [3.05, 3.63) is 30.1 Å². The number of benzene rings is 1. The monoisotopic (exact) mass is 444 g/mol. The van der Waals surface area contributed by atoms with Crippen molar-refractivity contribution >= 4 is 17.6 Å². The number of urea groups is 1. The van der Waals surface area contributed by atoms with E-state index >= 15 is 0 Å². The lowest BCUT2D eigenvalue weighted by molar-refractivity contribution is -0.149. The zero-order valence-electron chi connectivity index (χ0n) is 18.8. The van der Waals surface area contributed by atoms with Crippen molar-refractivity contribution in [2.75, 3.05) is 31.7 Å². The second-order valence-electron chi connectivity index (χ2n) is 9.87. The number of halogens is 1. The summed E-state index contributed by atoms with van der Waals surface area (Å²) >= 11 is 0. The number of nitrogens with zero attached hydrogens (tertiary/aromatic N) is 3. The number of piperazine rings is 1. The van der Waals surface area contributed by atoms with Crippen molar-refractivity contribution in [1.29, 1.82) is 0 Å². The maximum atomic E-state index is 13.5. The van der Waals surface area contributed by atoms with Crippen molar-refractivity contribution < 1.29 is 18.7 Å². The lowest BCUT2D eigenvalue weighted by Gasteiger charge is -2.50. The van der Waals surface area contributed by atoms with Crippen LogP contribution in [0.5, 0.6) is 0 Å². The molecule has 8 heteroatoms. The number of hydrogen-bond donors (Lipinski definition) is 1. The highest BCUT2D eigenvalue weighted by atomic mass is 19.1. The smallest absolute Gasteiger partial charge is 0.322 e. The largest absolute Gasteiger partial charge is 0.360 e. The van der Waals surface area contributed by atoms with Gasteiger partial charge in [-0.2, -0.15) is 0 Å². The predicted octanol–water partition coefficient (Wildman–Crippen LogP) is 3.41. The van der Waals surface area contributed by atoms with E-state index in [2.05, 4.69) is 15.1 Å². The molecule has 5 rings (SSSR count). The second kappa shape index (κ2) is 8.63. The molecule has 1 N–H and O–H groups in total. The van der Waals surface area contributed by atoms with E-state index < -0.39 is 11.9 Å². The average Bonchev–Trinajstić information content (AvgIpc) is 3.54. The minimum absolute atomic E-state index is 0.0205.